The number of non-ortho nitro benzene ring substituents is 1. The van der Waals surface area contributed by atoms with Gasteiger partial charge < -0.3 is 5.32 Å². The third-order valence-electron chi connectivity index (χ3n) is 2.15. The Bertz CT molecular complexity index is 481. The van der Waals surface area contributed by atoms with E-state index >= 15 is 0 Å². The fourth-order valence-corrected chi connectivity index (χ4v) is 1.31. The van der Waals surface area contributed by atoms with Crippen molar-refractivity contribution in [3.05, 3.63) is 45.8 Å². The maximum Gasteiger partial charge on any atom is 0.269 e. The van der Waals surface area contributed by atoms with E-state index in [1.807, 2.05) is 0 Å². The SMILES string of the molecule is O=[N+]([O-])c1ccc(CNCc2nn[nH]n2)cc1. The van der Waals surface area contributed by atoms with Gasteiger partial charge in [-0.1, -0.05) is 17.3 Å². The molecule has 0 radical (unpaired) electrons. The first kappa shape index (κ1) is 11.1. The van der Waals surface area contributed by atoms with Crippen LogP contribution in [0, 0.1) is 10.1 Å². The highest BCUT2D eigenvalue weighted by molar-refractivity contribution is 5.32. The zero-order chi connectivity index (χ0) is 12.1. The second-order valence-electron chi connectivity index (χ2n) is 3.36. The van der Waals surface area contributed by atoms with Crippen LogP contribution in [0.4, 0.5) is 5.69 Å². The predicted molar refractivity (Wildman–Crippen MR) is 57.8 cm³/mol. The summed E-state index contributed by atoms with van der Waals surface area (Å²) < 4.78 is 0. The Kier molecular flexibility index (Phi) is 3.36. The van der Waals surface area contributed by atoms with Crippen LogP contribution < -0.4 is 5.32 Å². The van der Waals surface area contributed by atoms with E-state index in [1.165, 1.54) is 12.1 Å². The first-order valence-corrected chi connectivity index (χ1v) is 4.92. The molecule has 0 aliphatic heterocycles. The monoisotopic (exact) mass is 234 g/mol. The lowest BCUT2D eigenvalue weighted by Gasteiger charge is -2.01. The van der Waals surface area contributed by atoms with Crippen molar-refractivity contribution in [3.8, 4) is 0 Å². The van der Waals surface area contributed by atoms with Crippen LogP contribution >= 0.6 is 0 Å². The summed E-state index contributed by atoms with van der Waals surface area (Å²) in [5.41, 5.74) is 1.05. The van der Waals surface area contributed by atoms with Gasteiger partial charge in [0.1, 0.15) is 0 Å². The number of nitrogens with one attached hydrogen (secondary N) is 2. The van der Waals surface area contributed by atoms with Crippen LogP contribution in [0.1, 0.15) is 11.4 Å². The van der Waals surface area contributed by atoms with Gasteiger partial charge in [0.25, 0.3) is 5.69 Å². The van der Waals surface area contributed by atoms with Gasteiger partial charge in [-0.15, -0.1) is 10.2 Å². The Morgan fingerprint density at radius 1 is 1.29 bits per heavy atom. The summed E-state index contributed by atoms with van der Waals surface area (Å²) in [6, 6.07) is 6.37. The molecule has 88 valence electrons. The largest absolute Gasteiger partial charge is 0.306 e. The van der Waals surface area contributed by atoms with Gasteiger partial charge in [-0.25, -0.2) is 0 Å². The van der Waals surface area contributed by atoms with E-state index in [1.54, 1.807) is 12.1 Å². The fourth-order valence-electron chi connectivity index (χ4n) is 1.31. The van der Waals surface area contributed by atoms with Crippen molar-refractivity contribution < 1.29 is 4.92 Å². The molecule has 2 aromatic rings. The molecule has 8 heteroatoms. The molecular weight excluding hydrogens is 224 g/mol. The van der Waals surface area contributed by atoms with E-state index in [-0.39, 0.29) is 5.69 Å². The second kappa shape index (κ2) is 5.12. The van der Waals surface area contributed by atoms with Crippen molar-refractivity contribution in [2.24, 2.45) is 0 Å². The molecule has 17 heavy (non-hydrogen) atoms. The number of aromatic amines is 1. The van der Waals surface area contributed by atoms with Crippen LogP contribution in [-0.2, 0) is 13.1 Å². The Morgan fingerprint density at radius 3 is 2.65 bits per heavy atom. The van der Waals surface area contributed by atoms with Crippen LogP contribution in [0.25, 0.3) is 0 Å². The van der Waals surface area contributed by atoms with E-state index in [0.717, 1.165) is 5.56 Å². The minimum Gasteiger partial charge on any atom is -0.306 e. The van der Waals surface area contributed by atoms with Crippen LogP contribution in [0.2, 0.25) is 0 Å². The molecule has 2 N–H and O–H groups in total. The highest BCUT2D eigenvalue weighted by atomic mass is 16.6. The molecule has 1 heterocycles. The lowest BCUT2D eigenvalue weighted by Crippen LogP contribution is -2.13. The number of H-pyrrole nitrogens is 1. The second-order valence-corrected chi connectivity index (χ2v) is 3.36. The number of nitro groups is 1. The van der Waals surface area contributed by atoms with E-state index in [0.29, 0.717) is 18.9 Å². The molecule has 2 rings (SSSR count). The van der Waals surface area contributed by atoms with E-state index in [9.17, 15) is 10.1 Å². The third-order valence-corrected chi connectivity index (χ3v) is 2.15. The van der Waals surface area contributed by atoms with Crippen molar-refractivity contribution in [1.29, 1.82) is 0 Å². The van der Waals surface area contributed by atoms with Crippen LogP contribution in [0.3, 0.4) is 0 Å². The summed E-state index contributed by atoms with van der Waals surface area (Å²) in [6.45, 7) is 1.08. The van der Waals surface area contributed by atoms with E-state index in [4.69, 9.17) is 0 Å². The molecule has 0 fully saturated rings. The number of benzene rings is 1. The van der Waals surface area contributed by atoms with E-state index < -0.39 is 4.92 Å². The standard InChI is InChI=1S/C9H10N6O2/c16-15(17)8-3-1-7(2-4-8)5-10-6-9-11-13-14-12-9/h1-4,10H,5-6H2,(H,11,12,13,14). The molecule has 0 aliphatic carbocycles. The van der Waals surface area contributed by atoms with Gasteiger partial charge in [0.05, 0.1) is 11.5 Å². The average Bonchev–Trinajstić information content (AvgIpc) is 2.83. The van der Waals surface area contributed by atoms with Crippen LogP contribution in [0.5, 0.6) is 0 Å². The Balaban J connectivity index is 1.85. The molecule has 0 amide bonds. The van der Waals surface area contributed by atoms with E-state index in [2.05, 4.69) is 25.9 Å². The molecule has 0 atom stereocenters. The normalized spacial score (nSPS) is 10.4. The first-order valence-electron chi connectivity index (χ1n) is 4.92. The molecular formula is C9H10N6O2. The Labute approximate surface area is 96.2 Å². The van der Waals surface area contributed by atoms with Gasteiger partial charge in [-0.2, -0.15) is 5.21 Å². The van der Waals surface area contributed by atoms with Crippen LogP contribution in [0.15, 0.2) is 24.3 Å². The number of nitro benzene ring substituents is 1. The molecule has 1 aromatic heterocycles. The number of hydrogen-bond donors (Lipinski definition) is 2. The molecule has 0 bridgehead atoms. The zero-order valence-corrected chi connectivity index (χ0v) is 8.83. The predicted octanol–water partition coefficient (Wildman–Crippen LogP) is 0.398. The molecule has 0 saturated carbocycles. The molecule has 0 unspecified atom stereocenters. The summed E-state index contributed by atoms with van der Waals surface area (Å²) in [5, 5.41) is 26.9. The average molecular weight is 234 g/mol. The zero-order valence-electron chi connectivity index (χ0n) is 8.83. The number of nitrogens with zero attached hydrogens (tertiary/aromatic N) is 4. The molecule has 0 aliphatic rings. The van der Waals surface area contributed by atoms with Gasteiger partial charge in [0.2, 0.25) is 0 Å². The number of tetrazole rings is 1. The summed E-state index contributed by atoms with van der Waals surface area (Å²) in [7, 11) is 0. The Hall–Kier alpha value is -2.35. The third kappa shape index (κ3) is 3.05. The lowest BCUT2D eigenvalue weighted by atomic mass is 10.2. The highest BCUT2D eigenvalue weighted by Gasteiger charge is 2.03. The molecule has 0 saturated heterocycles. The number of aromatic nitrogens is 4. The summed E-state index contributed by atoms with van der Waals surface area (Å²) in [5.74, 6) is 0.576. The summed E-state index contributed by atoms with van der Waals surface area (Å²) in [6.07, 6.45) is 0. The maximum absolute atomic E-state index is 10.4. The smallest absolute Gasteiger partial charge is 0.269 e. The topological polar surface area (TPSA) is 110 Å². The van der Waals surface area contributed by atoms with Gasteiger partial charge in [0, 0.05) is 18.7 Å². The van der Waals surface area contributed by atoms with Crippen molar-refractivity contribution in [1.82, 2.24) is 25.9 Å². The lowest BCUT2D eigenvalue weighted by molar-refractivity contribution is -0.384. The van der Waals surface area contributed by atoms with Gasteiger partial charge >= 0.3 is 0 Å². The molecule has 1 aromatic carbocycles. The van der Waals surface area contributed by atoms with Gasteiger partial charge in [-0.3, -0.25) is 10.1 Å². The fraction of sp³-hybridized carbons (Fsp3) is 0.222. The van der Waals surface area contributed by atoms with Crippen LogP contribution in [-0.4, -0.2) is 25.5 Å². The quantitative estimate of drug-likeness (QED) is 0.572. The van der Waals surface area contributed by atoms with Crippen molar-refractivity contribution >= 4 is 5.69 Å². The van der Waals surface area contributed by atoms with Gasteiger partial charge in [-0.05, 0) is 5.56 Å². The summed E-state index contributed by atoms with van der Waals surface area (Å²) >= 11 is 0. The minimum atomic E-state index is -0.420. The maximum atomic E-state index is 10.4. The van der Waals surface area contributed by atoms with Crippen molar-refractivity contribution in [2.75, 3.05) is 0 Å². The first-order chi connectivity index (χ1) is 8.25. The van der Waals surface area contributed by atoms with Gasteiger partial charge in [0.15, 0.2) is 5.82 Å². The highest BCUT2D eigenvalue weighted by Crippen LogP contribution is 2.11. The minimum absolute atomic E-state index is 0.0897. The molecule has 8 nitrogen and oxygen atoms in total. The number of rotatable bonds is 5. The number of hydrogen-bond acceptors (Lipinski definition) is 6. The Morgan fingerprint density at radius 2 is 2.06 bits per heavy atom. The summed E-state index contributed by atoms with van der Waals surface area (Å²) in [4.78, 5) is 10.0. The van der Waals surface area contributed by atoms with Crippen molar-refractivity contribution in [2.45, 2.75) is 13.1 Å². The molecule has 0 spiro atoms. The van der Waals surface area contributed by atoms with Crippen molar-refractivity contribution in [3.63, 3.8) is 0 Å².